The second-order valence-corrected chi connectivity index (χ2v) is 33.2. The molecule has 127 heavy (non-hydrogen) atoms. The number of piperazine rings is 1. The number of fused-ring (bicyclic) bond motifs is 12. The molecule has 4 aromatic heterocycles. The number of piperidine rings is 1. The summed E-state index contributed by atoms with van der Waals surface area (Å²) in [5, 5.41) is 27.7. The fraction of sp³-hybridized carbons (Fsp3) is 0.333. The van der Waals surface area contributed by atoms with Crippen molar-refractivity contribution >= 4 is 145 Å². The average molecular weight is 1720 g/mol. The molecule has 6 fully saturated rings. The zero-order valence-electron chi connectivity index (χ0n) is 70.7. The summed E-state index contributed by atoms with van der Waals surface area (Å²) >= 11 is 0. The third-order valence-electron chi connectivity index (χ3n) is 25.1. The molecular formula is C99H93FN8O19. The molecule has 0 bridgehead atoms. The van der Waals surface area contributed by atoms with E-state index >= 15 is 0 Å². The third kappa shape index (κ3) is 19.0. The Kier molecular flexibility index (Phi) is 25.3. The highest BCUT2D eigenvalue weighted by molar-refractivity contribution is 6.15. The van der Waals surface area contributed by atoms with Crippen LogP contribution in [0.15, 0.2) is 188 Å². The molecular weight excluding hydrogens is 1620 g/mol. The molecule has 6 aliphatic rings. The van der Waals surface area contributed by atoms with Gasteiger partial charge in [0.15, 0.2) is 22.3 Å². The maximum atomic E-state index is 13.1. The molecule has 4 atom stereocenters. The fourth-order valence-electron chi connectivity index (χ4n) is 18.1. The number of ether oxygens (including phenoxy) is 5. The maximum absolute atomic E-state index is 13.1. The molecule has 14 aromatic rings. The first kappa shape index (κ1) is 85.4. The van der Waals surface area contributed by atoms with Crippen molar-refractivity contribution in [3.05, 3.63) is 198 Å². The van der Waals surface area contributed by atoms with Crippen LogP contribution in [0, 0.1) is 5.82 Å². The summed E-state index contributed by atoms with van der Waals surface area (Å²) in [5.41, 5.74) is 4.99. The first-order valence-electron chi connectivity index (χ1n) is 43.0. The van der Waals surface area contributed by atoms with Gasteiger partial charge in [0.05, 0.1) is 78.0 Å². The molecule has 0 N–H and O–H groups in total. The van der Waals surface area contributed by atoms with Crippen LogP contribution in [-0.4, -0.2) is 184 Å². The van der Waals surface area contributed by atoms with Crippen LogP contribution in [-0.2, 0) is 47.9 Å². The number of ketones is 8. The molecule has 4 unspecified atom stereocenters. The number of hydrogen-bond acceptors (Lipinski definition) is 25. The number of likely N-dealkylation sites (tertiary alicyclic amines) is 1. The Labute approximate surface area is 727 Å². The number of likely N-dealkylation sites (N-methyl/N-ethyl adjacent to an activating group) is 1. The van der Waals surface area contributed by atoms with E-state index in [2.05, 4.69) is 37.5 Å². The first-order valence-corrected chi connectivity index (χ1v) is 43.0. The number of amides is 2. The zero-order chi connectivity index (χ0) is 88.1. The highest BCUT2D eigenvalue weighted by atomic mass is 19.1. The second-order valence-electron chi connectivity index (χ2n) is 33.2. The van der Waals surface area contributed by atoms with Gasteiger partial charge in [-0.2, -0.15) is 0 Å². The Morgan fingerprint density at radius 3 is 1.11 bits per heavy atom. The number of methoxy groups -OCH3 is 1. The summed E-state index contributed by atoms with van der Waals surface area (Å²) in [6.07, 6.45) is 5.35. The molecule has 20 rings (SSSR count). The molecule has 28 heteroatoms. The van der Waals surface area contributed by atoms with Crippen LogP contribution in [0.25, 0.3) is 87.0 Å². The van der Waals surface area contributed by atoms with Gasteiger partial charge in [-0.15, -0.1) is 0 Å². The Morgan fingerprint density at radius 1 is 0.394 bits per heavy atom. The first-order chi connectivity index (χ1) is 61.6. The number of Topliss-reactive ketones (excluding diaryl/α,β-unsaturated/α-hetero) is 8. The topological polar surface area (TPSA) is 334 Å². The molecule has 6 heterocycles. The van der Waals surface area contributed by atoms with Crippen molar-refractivity contribution in [2.24, 2.45) is 0 Å². The molecule has 2 amide bonds. The van der Waals surface area contributed by atoms with E-state index in [-0.39, 0.29) is 89.6 Å². The number of hydrogen-bond donors (Lipinski definition) is 0. The van der Waals surface area contributed by atoms with Crippen molar-refractivity contribution in [3.63, 3.8) is 0 Å². The lowest BCUT2D eigenvalue weighted by atomic mass is 9.83. The van der Waals surface area contributed by atoms with Crippen molar-refractivity contribution in [2.45, 2.75) is 133 Å². The summed E-state index contributed by atoms with van der Waals surface area (Å²) in [6, 6.07) is 52.1. The standard InChI is InChI=1S/C27H31N3O5.C25H27N3O5.C24H19NO5.C23H16FNO4/c1-17(31)30-11-9-19(10-12-30)29(2)13-14-34-21-5-7-22-18(15-21)3-8-25-26(22)27(28-35-25)23-6-4-20(32)16-24(23)33;1-16(29)28-10-8-27(9-11-28)12-13-32-19-4-6-20-17(14-19)2-7-23-24(20)25(26-33-23)21-5-3-18(30)15-22(21)31;1-28-16-3-2-4-17(13-16)29-18-7-9-19-14(11-18)5-10-22-23(19)24(25-30-22)20-8-6-15(26)12-21(20)27;24-14-2-5-16(6-3-14)28-17-7-9-18-13(11-17)1-10-21-22(18)23(25-29-21)19-8-4-15(26)12-20(19)27/h3,5,7-8,15,19,23H,4,6,9-14,16H2,1-2H3;2,4,6-7,14,21H,3,5,8-13,15H2,1H3;2-5,7,9-11,13,20H,6,8,12H2,1H3;1-3,5-7,9-11,19H,4,8,12H2. The third-order valence-corrected chi connectivity index (χ3v) is 25.1. The summed E-state index contributed by atoms with van der Waals surface area (Å²) in [4.78, 5) is 128. The van der Waals surface area contributed by atoms with E-state index in [4.69, 9.17) is 41.8 Å². The van der Waals surface area contributed by atoms with Crippen LogP contribution in [0.3, 0.4) is 0 Å². The molecule has 10 aromatic carbocycles. The smallest absolute Gasteiger partial charge is 0.219 e. The molecule has 650 valence electrons. The van der Waals surface area contributed by atoms with Gasteiger partial charge in [0.2, 0.25) is 11.8 Å². The van der Waals surface area contributed by atoms with Gasteiger partial charge in [-0.25, -0.2) is 4.39 Å². The fourth-order valence-corrected chi connectivity index (χ4v) is 18.1. The minimum absolute atomic E-state index is 0.00198. The summed E-state index contributed by atoms with van der Waals surface area (Å²) in [6.45, 7) is 10.9. The van der Waals surface area contributed by atoms with Crippen molar-refractivity contribution in [1.82, 2.24) is 40.2 Å². The van der Waals surface area contributed by atoms with Crippen LogP contribution in [0.2, 0.25) is 0 Å². The molecule has 27 nitrogen and oxygen atoms in total. The molecule has 2 saturated heterocycles. The van der Waals surface area contributed by atoms with Gasteiger partial charge in [-0.05, 0) is 222 Å². The van der Waals surface area contributed by atoms with Crippen LogP contribution in [0.4, 0.5) is 4.39 Å². The molecule has 4 aliphatic carbocycles. The van der Waals surface area contributed by atoms with E-state index < -0.39 is 23.7 Å². The van der Waals surface area contributed by atoms with Crippen LogP contribution in [0.1, 0.15) is 150 Å². The molecule has 0 radical (unpaired) electrons. The highest BCUT2D eigenvalue weighted by Crippen LogP contribution is 2.44. The van der Waals surface area contributed by atoms with Crippen molar-refractivity contribution in [3.8, 4) is 40.2 Å². The van der Waals surface area contributed by atoms with Gasteiger partial charge in [0.25, 0.3) is 0 Å². The number of benzene rings is 10. The van der Waals surface area contributed by atoms with Crippen LogP contribution in [0.5, 0.6) is 40.2 Å². The maximum Gasteiger partial charge on any atom is 0.219 e. The Hall–Kier alpha value is -13.7. The number of nitrogens with zero attached hydrogens (tertiary/aromatic N) is 8. The SMILES string of the molecule is CC(=O)N1CCC(N(C)CCOc2ccc3c(ccc4onc(C5CCC(=O)CC5=O)c43)c2)CC1.CC(=O)N1CCN(CCOc2ccc3c(ccc4onc(C5CCC(=O)CC5=O)c43)c2)CC1.COc1cccc(Oc2ccc3c(ccc4onc(C5CCC(=O)CC5=O)c43)c2)c1.O=C1CCC(c2noc3ccc4cc(Oc5ccc(F)cc5)ccc4c23)C(=O)C1. The van der Waals surface area contributed by atoms with Crippen molar-refractivity contribution in [1.29, 1.82) is 0 Å². The minimum Gasteiger partial charge on any atom is -0.497 e. The minimum atomic E-state index is -0.422. The predicted octanol–water partition coefficient (Wildman–Crippen LogP) is 17.1. The summed E-state index contributed by atoms with van der Waals surface area (Å²) in [5.74, 6) is 2.77. The summed E-state index contributed by atoms with van der Waals surface area (Å²) < 4.78 is 64.2. The van der Waals surface area contributed by atoms with E-state index in [1.165, 1.54) is 12.1 Å². The highest BCUT2D eigenvalue weighted by Gasteiger charge is 2.38. The number of aromatic nitrogens is 4. The van der Waals surface area contributed by atoms with Gasteiger partial charge in [-0.3, -0.25) is 57.7 Å². The lowest BCUT2D eigenvalue weighted by Gasteiger charge is -2.36. The lowest BCUT2D eigenvalue weighted by molar-refractivity contribution is -0.132. The average Bonchev–Trinajstić information content (AvgIpc) is 1.65. The van der Waals surface area contributed by atoms with Crippen molar-refractivity contribution in [2.75, 3.05) is 79.7 Å². The molecule has 2 aliphatic heterocycles. The largest absolute Gasteiger partial charge is 0.497 e. The number of halogens is 1. The Balaban J connectivity index is 0.000000120. The quantitative estimate of drug-likeness (QED) is 0.0720. The number of carbonyl (C=O) groups is 10. The van der Waals surface area contributed by atoms with Crippen LogP contribution < -0.4 is 23.7 Å². The van der Waals surface area contributed by atoms with E-state index in [1.807, 2.05) is 155 Å². The van der Waals surface area contributed by atoms with Gasteiger partial charge >= 0.3 is 0 Å². The van der Waals surface area contributed by atoms with E-state index in [0.29, 0.717) is 139 Å². The van der Waals surface area contributed by atoms with Crippen LogP contribution >= 0.6 is 0 Å². The Bertz CT molecular complexity index is 6630. The Morgan fingerprint density at radius 2 is 0.732 bits per heavy atom. The number of rotatable bonds is 18. The van der Waals surface area contributed by atoms with Gasteiger partial charge < -0.3 is 51.6 Å². The zero-order valence-corrected chi connectivity index (χ0v) is 70.7. The predicted molar refractivity (Wildman–Crippen MR) is 470 cm³/mol. The monoisotopic (exact) mass is 1720 g/mol. The second kappa shape index (κ2) is 37.6. The molecule has 4 saturated carbocycles. The summed E-state index contributed by atoms with van der Waals surface area (Å²) in [7, 11) is 3.73. The normalized spacial score (nSPS) is 18.6. The van der Waals surface area contributed by atoms with Gasteiger partial charge in [-0.1, -0.05) is 51.0 Å². The van der Waals surface area contributed by atoms with E-state index in [1.54, 1.807) is 33.1 Å². The van der Waals surface area contributed by atoms with Gasteiger partial charge in [0, 0.05) is 104 Å². The van der Waals surface area contributed by atoms with E-state index in [0.717, 1.165) is 147 Å². The van der Waals surface area contributed by atoms with Crippen molar-refractivity contribution < 1.29 is 94.1 Å². The number of carbonyl (C=O) groups excluding carboxylic acids is 10. The lowest BCUT2D eigenvalue weighted by Crippen LogP contribution is -2.48. The van der Waals surface area contributed by atoms with E-state index in [9.17, 15) is 52.3 Å². The van der Waals surface area contributed by atoms with Gasteiger partial charge in [0.1, 0.15) is 128 Å². The molecule has 0 spiro atoms.